The number of aromatic hydroxyl groups is 1. The van der Waals surface area contributed by atoms with Crippen molar-refractivity contribution in [3.63, 3.8) is 0 Å². The number of benzene rings is 2. The van der Waals surface area contributed by atoms with E-state index in [0.717, 1.165) is 25.9 Å². The number of allylic oxidation sites excluding steroid dienone is 1. The third-order valence-electron chi connectivity index (χ3n) is 5.58. The molecule has 0 radical (unpaired) electrons. The van der Waals surface area contributed by atoms with Gasteiger partial charge in [-0.25, -0.2) is 0 Å². The molecule has 1 saturated heterocycles. The lowest BCUT2D eigenvalue weighted by Crippen LogP contribution is -2.24. The summed E-state index contributed by atoms with van der Waals surface area (Å²) in [6, 6.07) is 6.83. The molecule has 0 aliphatic carbocycles. The molecule has 0 atom stereocenters. The van der Waals surface area contributed by atoms with Crippen molar-refractivity contribution in [2.75, 3.05) is 13.1 Å². The van der Waals surface area contributed by atoms with Crippen molar-refractivity contribution in [3.05, 3.63) is 62.3 Å². The fourth-order valence-corrected chi connectivity index (χ4v) is 4.54. The lowest BCUT2D eigenvalue weighted by atomic mass is 9.99. The van der Waals surface area contributed by atoms with Crippen LogP contribution in [0.2, 0.25) is 10.0 Å². The molecule has 2 aliphatic heterocycles. The zero-order valence-electron chi connectivity index (χ0n) is 16.3. The van der Waals surface area contributed by atoms with Gasteiger partial charge in [0.25, 0.3) is 0 Å². The Bertz CT molecular complexity index is 972. The number of fused-ring (bicyclic) bond motifs is 1. The Morgan fingerprint density at radius 1 is 1.14 bits per heavy atom. The maximum absolute atomic E-state index is 13.1. The van der Waals surface area contributed by atoms with Crippen LogP contribution in [0.15, 0.2) is 30.0 Å². The lowest BCUT2D eigenvalue weighted by molar-refractivity contribution is 0.101. The van der Waals surface area contributed by atoms with Crippen molar-refractivity contribution in [1.29, 1.82) is 0 Å². The van der Waals surface area contributed by atoms with E-state index in [2.05, 4.69) is 4.90 Å². The minimum absolute atomic E-state index is 0.162. The summed E-state index contributed by atoms with van der Waals surface area (Å²) in [7, 11) is 0. The van der Waals surface area contributed by atoms with E-state index in [0.29, 0.717) is 44.6 Å². The van der Waals surface area contributed by atoms with Crippen LogP contribution in [0.4, 0.5) is 0 Å². The van der Waals surface area contributed by atoms with Crippen LogP contribution in [-0.4, -0.2) is 28.9 Å². The zero-order chi connectivity index (χ0) is 20.5. The Morgan fingerprint density at radius 2 is 1.79 bits per heavy atom. The van der Waals surface area contributed by atoms with Gasteiger partial charge < -0.3 is 9.84 Å². The van der Waals surface area contributed by atoms with Crippen molar-refractivity contribution >= 4 is 35.1 Å². The molecule has 4 rings (SSSR count). The van der Waals surface area contributed by atoms with Crippen LogP contribution in [0.1, 0.15) is 52.7 Å². The van der Waals surface area contributed by atoms with Crippen LogP contribution in [-0.2, 0) is 6.54 Å². The van der Waals surface area contributed by atoms with Crippen molar-refractivity contribution in [1.82, 2.24) is 4.90 Å². The second-order valence-corrected chi connectivity index (χ2v) is 8.48. The Hall–Kier alpha value is -2.01. The number of rotatable bonds is 3. The number of hydrogen-bond donors (Lipinski definition) is 1. The van der Waals surface area contributed by atoms with Gasteiger partial charge in [0.05, 0.1) is 11.1 Å². The van der Waals surface area contributed by atoms with Crippen LogP contribution in [0.5, 0.6) is 11.5 Å². The Morgan fingerprint density at radius 3 is 2.45 bits per heavy atom. The Labute approximate surface area is 180 Å². The van der Waals surface area contributed by atoms with Gasteiger partial charge in [-0.1, -0.05) is 42.1 Å². The normalized spacial score (nSPS) is 18.6. The second kappa shape index (κ2) is 8.39. The first kappa shape index (κ1) is 20.3. The van der Waals surface area contributed by atoms with Crippen LogP contribution in [0, 0.1) is 6.92 Å². The maximum atomic E-state index is 13.1. The maximum Gasteiger partial charge on any atom is 0.232 e. The molecule has 2 aliphatic rings. The first-order valence-corrected chi connectivity index (χ1v) is 10.7. The molecule has 2 heterocycles. The number of phenols is 1. The van der Waals surface area contributed by atoms with Gasteiger partial charge in [0.1, 0.15) is 11.5 Å². The predicted octanol–water partition coefficient (Wildman–Crippen LogP) is 6.00. The van der Waals surface area contributed by atoms with Gasteiger partial charge in [-0.3, -0.25) is 9.69 Å². The fourth-order valence-electron chi connectivity index (χ4n) is 4.03. The predicted molar refractivity (Wildman–Crippen MR) is 116 cm³/mol. The van der Waals surface area contributed by atoms with E-state index in [9.17, 15) is 9.90 Å². The molecule has 2 aromatic carbocycles. The summed E-state index contributed by atoms with van der Waals surface area (Å²) < 4.78 is 6.01. The largest absolute Gasteiger partial charge is 0.507 e. The highest BCUT2D eigenvalue weighted by Gasteiger charge is 2.34. The van der Waals surface area contributed by atoms with Crippen molar-refractivity contribution in [2.24, 2.45) is 0 Å². The van der Waals surface area contributed by atoms with Crippen LogP contribution in [0.3, 0.4) is 0 Å². The Kier molecular flexibility index (Phi) is 5.86. The van der Waals surface area contributed by atoms with Gasteiger partial charge >= 0.3 is 0 Å². The average Bonchev–Trinajstić information content (AvgIpc) is 2.84. The number of nitrogens with zero attached hydrogens (tertiary/aromatic N) is 1. The minimum Gasteiger partial charge on any atom is -0.507 e. The molecule has 0 spiro atoms. The average molecular weight is 432 g/mol. The fraction of sp³-hybridized carbons (Fsp3) is 0.348. The Balaban J connectivity index is 1.72. The molecule has 0 amide bonds. The smallest absolute Gasteiger partial charge is 0.232 e. The van der Waals surface area contributed by atoms with Gasteiger partial charge in [0.2, 0.25) is 5.78 Å². The summed E-state index contributed by atoms with van der Waals surface area (Å²) in [6.45, 7) is 4.32. The van der Waals surface area contributed by atoms with Gasteiger partial charge in [0, 0.05) is 22.2 Å². The molecule has 152 valence electrons. The number of carbonyl (C=O) groups is 1. The summed E-state index contributed by atoms with van der Waals surface area (Å²) in [6.07, 6.45) is 6.33. The SMILES string of the molecule is Cc1cc(O)c(CN2CCCCCC2)c2c1C(=O)/C(=C/c1c(Cl)cccc1Cl)O2. The number of Topliss-reactive ketones (excluding diaryl/α,β-unsaturated/α-hetero) is 1. The van der Waals surface area contributed by atoms with Gasteiger partial charge in [-0.2, -0.15) is 0 Å². The molecule has 2 aromatic rings. The third-order valence-corrected chi connectivity index (χ3v) is 6.24. The number of phenolic OH excluding ortho intramolecular Hbond substituents is 1. The summed E-state index contributed by atoms with van der Waals surface area (Å²) in [5.41, 5.74) is 2.40. The van der Waals surface area contributed by atoms with E-state index in [1.54, 1.807) is 37.3 Å². The van der Waals surface area contributed by atoms with E-state index in [1.165, 1.54) is 12.8 Å². The molecule has 1 N–H and O–H groups in total. The number of hydrogen-bond acceptors (Lipinski definition) is 4. The summed E-state index contributed by atoms with van der Waals surface area (Å²) in [5.74, 6) is 0.563. The molecule has 6 heteroatoms. The van der Waals surface area contributed by atoms with Crippen molar-refractivity contribution < 1.29 is 14.6 Å². The highest BCUT2D eigenvalue weighted by atomic mass is 35.5. The molecular weight excluding hydrogens is 409 g/mol. The summed E-state index contributed by atoms with van der Waals surface area (Å²) in [4.78, 5) is 15.4. The standard InChI is InChI=1S/C23H23Cl2NO3/c1-14-11-19(27)16(13-26-9-4-2-3-5-10-26)23-21(14)22(28)20(29-23)12-15-17(24)7-6-8-18(15)25/h6-8,11-12,27H,2-5,9-10,13H2,1H3/b20-12-. The molecular formula is C23H23Cl2NO3. The molecule has 4 nitrogen and oxygen atoms in total. The van der Waals surface area contributed by atoms with Gasteiger partial charge in [-0.05, 0) is 62.7 Å². The molecule has 0 bridgehead atoms. The topological polar surface area (TPSA) is 49.8 Å². The first-order chi connectivity index (χ1) is 14.0. The van der Waals surface area contributed by atoms with E-state index < -0.39 is 0 Å². The molecule has 1 fully saturated rings. The summed E-state index contributed by atoms with van der Waals surface area (Å²) >= 11 is 12.5. The van der Waals surface area contributed by atoms with Gasteiger partial charge in [-0.15, -0.1) is 0 Å². The highest BCUT2D eigenvalue weighted by molar-refractivity contribution is 6.37. The zero-order valence-corrected chi connectivity index (χ0v) is 17.8. The molecule has 29 heavy (non-hydrogen) atoms. The number of halogens is 2. The van der Waals surface area contributed by atoms with Crippen molar-refractivity contribution in [2.45, 2.75) is 39.2 Å². The second-order valence-electron chi connectivity index (χ2n) is 7.66. The van der Waals surface area contributed by atoms with Crippen LogP contribution >= 0.6 is 23.2 Å². The van der Waals surface area contributed by atoms with E-state index in [1.807, 2.05) is 0 Å². The van der Waals surface area contributed by atoms with Crippen LogP contribution in [0.25, 0.3) is 6.08 Å². The van der Waals surface area contributed by atoms with E-state index in [-0.39, 0.29) is 17.3 Å². The van der Waals surface area contributed by atoms with Crippen LogP contribution < -0.4 is 4.74 Å². The number of likely N-dealkylation sites (tertiary alicyclic amines) is 1. The number of ketones is 1. The first-order valence-electron chi connectivity index (χ1n) is 9.91. The number of ether oxygens (including phenoxy) is 1. The highest BCUT2D eigenvalue weighted by Crippen LogP contribution is 2.43. The number of carbonyl (C=O) groups excluding carboxylic acids is 1. The summed E-state index contributed by atoms with van der Waals surface area (Å²) in [5, 5.41) is 11.5. The molecule has 0 unspecified atom stereocenters. The van der Waals surface area contributed by atoms with E-state index in [4.69, 9.17) is 27.9 Å². The third kappa shape index (κ3) is 4.02. The van der Waals surface area contributed by atoms with Crippen molar-refractivity contribution in [3.8, 4) is 11.5 Å². The van der Waals surface area contributed by atoms with E-state index >= 15 is 0 Å². The molecule has 0 saturated carbocycles. The minimum atomic E-state index is -0.217. The monoisotopic (exact) mass is 431 g/mol. The quantitative estimate of drug-likeness (QED) is 0.605. The lowest BCUT2D eigenvalue weighted by Gasteiger charge is -2.22. The molecule has 0 aromatic heterocycles. The van der Waals surface area contributed by atoms with Gasteiger partial charge in [0.15, 0.2) is 5.76 Å². The number of aryl methyl sites for hydroxylation is 1.